The Morgan fingerprint density at radius 3 is 2.32 bits per heavy atom. The summed E-state index contributed by atoms with van der Waals surface area (Å²) in [6, 6.07) is 17.6. The third-order valence-electron chi connectivity index (χ3n) is 6.91. The second-order valence-corrected chi connectivity index (χ2v) is 9.21. The molecular formula is C30H34N2O5. The standard InChI is InChI=1S/C30H34N2O5/c1-5-31(6-2)17-18-32-27(25-16-11-21(4)37-25)26(29(34)30(32)35)28(33)22-12-14-24(15-13-22)36-19-23-10-8-7-9-20(23)3/h7-16,27,33H,5-6,17-19H2,1-4H3/b28-26+. The van der Waals surface area contributed by atoms with Crippen molar-refractivity contribution in [2.75, 3.05) is 26.2 Å². The number of carbonyl (C=O) groups is 2. The molecule has 0 radical (unpaired) electrons. The largest absolute Gasteiger partial charge is 0.507 e. The van der Waals surface area contributed by atoms with Gasteiger partial charge in [-0.2, -0.15) is 0 Å². The molecule has 2 heterocycles. The number of nitrogens with zero attached hydrogens (tertiary/aromatic N) is 2. The summed E-state index contributed by atoms with van der Waals surface area (Å²) in [5, 5.41) is 11.3. The highest BCUT2D eigenvalue weighted by Crippen LogP contribution is 2.40. The Hall–Kier alpha value is -3.84. The lowest BCUT2D eigenvalue weighted by molar-refractivity contribution is -0.140. The van der Waals surface area contributed by atoms with Crippen LogP contribution in [0.5, 0.6) is 5.75 Å². The van der Waals surface area contributed by atoms with Crippen LogP contribution < -0.4 is 4.74 Å². The number of carbonyl (C=O) groups excluding carboxylic acids is 2. The first-order chi connectivity index (χ1) is 17.8. The zero-order chi connectivity index (χ0) is 26.5. The van der Waals surface area contributed by atoms with Gasteiger partial charge in [-0.15, -0.1) is 0 Å². The summed E-state index contributed by atoms with van der Waals surface area (Å²) in [7, 11) is 0. The molecule has 3 aromatic rings. The number of ether oxygens (including phenoxy) is 1. The van der Waals surface area contributed by atoms with Gasteiger partial charge >= 0.3 is 0 Å². The van der Waals surface area contributed by atoms with Gasteiger partial charge < -0.3 is 24.1 Å². The zero-order valence-corrected chi connectivity index (χ0v) is 21.9. The Bertz CT molecular complexity index is 1290. The fraction of sp³-hybridized carbons (Fsp3) is 0.333. The quantitative estimate of drug-likeness (QED) is 0.232. The molecule has 1 atom stereocenters. The summed E-state index contributed by atoms with van der Waals surface area (Å²) in [5.74, 6) is 0.184. The van der Waals surface area contributed by atoms with Crippen molar-refractivity contribution in [2.45, 2.75) is 40.3 Å². The Morgan fingerprint density at radius 1 is 1.00 bits per heavy atom. The molecular weight excluding hydrogens is 468 g/mol. The molecule has 1 N–H and O–H groups in total. The van der Waals surface area contributed by atoms with Gasteiger partial charge in [0.2, 0.25) is 0 Å². The Balaban J connectivity index is 1.62. The fourth-order valence-electron chi connectivity index (χ4n) is 4.59. The molecule has 37 heavy (non-hydrogen) atoms. The number of aliphatic hydroxyl groups excluding tert-OH is 1. The minimum Gasteiger partial charge on any atom is -0.507 e. The molecule has 1 aliphatic rings. The SMILES string of the molecule is CCN(CC)CCN1C(=O)C(=O)/C(=C(/O)c2ccc(OCc3ccccc3C)cc2)C1c1ccc(C)o1. The van der Waals surface area contributed by atoms with Crippen LogP contribution in [-0.2, 0) is 16.2 Å². The van der Waals surface area contributed by atoms with Gasteiger partial charge in [-0.1, -0.05) is 38.1 Å². The molecule has 7 nitrogen and oxygen atoms in total. The van der Waals surface area contributed by atoms with Gasteiger partial charge in [-0.05, 0) is 74.5 Å². The molecule has 2 aromatic carbocycles. The highest BCUT2D eigenvalue weighted by atomic mass is 16.5. The van der Waals surface area contributed by atoms with Gasteiger partial charge in [0.25, 0.3) is 11.7 Å². The smallest absolute Gasteiger partial charge is 0.295 e. The third kappa shape index (κ3) is 5.62. The van der Waals surface area contributed by atoms with E-state index in [0.29, 0.717) is 42.5 Å². The zero-order valence-electron chi connectivity index (χ0n) is 21.9. The Morgan fingerprint density at radius 2 is 1.70 bits per heavy atom. The molecule has 1 amide bonds. The summed E-state index contributed by atoms with van der Waals surface area (Å²) in [6.07, 6.45) is 0. The van der Waals surface area contributed by atoms with Crippen LogP contribution >= 0.6 is 0 Å². The van der Waals surface area contributed by atoms with Crippen molar-refractivity contribution in [3.8, 4) is 5.75 Å². The first-order valence-corrected chi connectivity index (χ1v) is 12.7. The molecule has 0 spiro atoms. The molecule has 7 heteroatoms. The van der Waals surface area contributed by atoms with Gasteiger partial charge in [0.15, 0.2) is 0 Å². The fourth-order valence-corrected chi connectivity index (χ4v) is 4.59. The predicted octanol–water partition coefficient (Wildman–Crippen LogP) is 5.24. The van der Waals surface area contributed by atoms with Gasteiger partial charge in [-0.3, -0.25) is 9.59 Å². The van der Waals surface area contributed by atoms with Crippen molar-refractivity contribution in [2.24, 2.45) is 0 Å². The molecule has 4 rings (SSSR count). The molecule has 1 fully saturated rings. The predicted molar refractivity (Wildman–Crippen MR) is 142 cm³/mol. The van der Waals surface area contributed by atoms with Crippen LogP contribution in [0.2, 0.25) is 0 Å². The molecule has 1 aliphatic heterocycles. The van der Waals surface area contributed by atoms with Crippen LogP contribution in [-0.4, -0.2) is 52.8 Å². The van der Waals surface area contributed by atoms with Crippen molar-refractivity contribution in [1.82, 2.24) is 9.80 Å². The topological polar surface area (TPSA) is 83.2 Å². The van der Waals surface area contributed by atoms with Crippen molar-refractivity contribution in [1.29, 1.82) is 0 Å². The molecule has 0 bridgehead atoms. The lowest BCUT2D eigenvalue weighted by atomic mass is 9.99. The lowest BCUT2D eigenvalue weighted by Gasteiger charge is -2.26. The van der Waals surface area contributed by atoms with Gasteiger partial charge in [0.1, 0.15) is 35.7 Å². The number of aryl methyl sites for hydroxylation is 2. The van der Waals surface area contributed by atoms with Crippen molar-refractivity contribution in [3.05, 3.63) is 94.4 Å². The lowest BCUT2D eigenvalue weighted by Crippen LogP contribution is -2.37. The van der Waals surface area contributed by atoms with E-state index in [1.54, 1.807) is 43.3 Å². The normalized spacial score (nSPS) is 17.1. The number of Topliss-reactive ketones (excluding diaryl/α,β-unsaturated/α-hetero) is 1. The minimum absolute atomic E-state index is 0.0347. The summed E-state index contributed by atoms with van der Waals surface area (Å²) < 4.78 is 11.8. The van der Waals surface area contributed by atoms with Gasteiger partial charge in [-0.25, -0.2) is 0 Å². The highest BCUT2D eigenvalue weighted by Gasteiger charge is 2.47. The van der Waals surface area contributed by atoms with E-state index in [-0.39, 0.29) is 11.3 Å². The summed E-state index contributed by atoms with van der Waals surface area (Å²) >= 11 is 0. The third-order valence-corrected chi connectivity index (χ3v) is 6.91. The molecule has 1 saturated heterocycles. The van der Waals surface area contributed by atoms with Crippen LogP contribution in [0.25, 0.3) is 5.76 Å². The first kappa shape index (κ1) is 26.2. The van der Waals surface area contributed by atoms with Crippen molar-refractivity contribution < 1.29 is 23.8 Å². The van der Waals surface area contributed by atoms with Crippen LogP contribution in [0.4, 0.5) is 0 Å². The maximum Gasteiger partial charge on any atom is 0.295 e. The van der Waals surface area contributed by atoms with Crippen LogP contribution in [0.3, 0.4) is 0 Å². The maximum absolute atomic E-state index is 13.2. The average Bonchev–Trinajstić information content (AvgIpc) is 3.44. The van der Waals surface area contributed by atoms with E-state index in [0.717, 1.165) is 24.2 Å². The minimum atomic E-state index is -0.791. The Kier molecular flexibility index (Phi) is 8.14. The van der Waals surface area contributed by atoms with E-state index in [1.165, 1.54) is 4.90 Å². The number of hydrogen-bond donors (Lipinski definition) is 1. The van der Waals surface area contributed by atoms with Crippen LogP contribution in [0, 0.1) is 13.8 Å². The van der Waals surface area contributed by atoms with Crippen LogP contribution in [0.15, 0.2) is 70.7 Å². The summed E-state index contributed by atoms with van der Waals surface area (Å²) in [6.45, 7) is 11.0. The molecule has 194 valence electrons. The van der Waals surface area contributed by atoms with Crippen molar-refractivity contribution >= 4 is 17.4 Å². The number of amides is 1. The second-order valence-electron chi connectivity index (χ2n) is 9.21. The molecule has 1 aromatic heterocycles. The highest BCUT2D eigenvalue weighted by molar-refractivity contribution is 6.46. The number of aliphatic hydroxyl groups is 1. The second kappa shape index (κ2) is 11.5. The van der Waals surface area contributed by atoms with Gasteiger partial charge in [0.05, 0.1) is 5.57 Å². The number of likely N-dealkylation sites (N-methyl/N-ethyl adjacent to an activating group) is 1. The van der Waals surface area contributed by atoms with E-state index in [9.17, 15) is 14.7 Å². The number of likely N-dealkylation sites (tertiary alicyclic amines) is 1. The first-order valence-electron chi connectivity index (χ1n) is 12.7. The molecule has 0 saturated carbocycles. The average molecular weight is 503 g/mol. The number of benzene rings is 2. The summed E-state index contributed by atoms with van der Waals surface area (Å²) in [5.41, 5.74) is 2.70. The van der Waals surface area contributed by atoms with E-state index < -0.39 is 17.7 Å². The molecule has 1 unspecified atom stereocenters. The van der Waals surface area contributed by atoms with E-state index in [1.807, 2.05) is 31.2 Å². The number of ketones is 1. The number of furan rings is 1. The maximum atomic E-state index is 13.2. The monoisotopic (exact) mass is 502 g/mol. The summed E-state index contributed by atoms with van der Waals surface area (Å²) in [4.78, 5) is 29.9. The van der Waals surface area contributed by atoms with Gasteiger partial charge in [0, 0.05) is 18.7 Å². The number of rotatable bonds is 10. The van der Waals surface area contributed by atoms with E-state index in [2.05, 4.69) is 18.7 Å². The van der Waals surface area contributed by atoms with E-state index in [4.69, 9.17) is 9.15 Å². The van der Waals surface area contributed by atoms with Crippen LogP contribution in [0.1, 0.15) is 48.1 Å². The number of hydrogen-bond acceptors (Lipinski definition) is 6. The van der Waals surface area contributed by atoms with E-state index >= 15 is 0 Å². The Labute approximate surface area is 218 Å². The van der Waals surface area contributed by atoms with Crippen molar-refractivity contribution in [3.63, 3.8) is 0 Å². The molecule has 0 aliphatic carbocycles.